The number of benzene rings is 2. The van der Waals surface area contributed by atoms with Crippen LogP contribution >= 0.6 is 0 Å². The lowest BCUT2D eigenvalue weighted by Gasteiger charge is -2.13. The van der Waals surface area contributed by atoms with Gasteiger partial charge in [-0.2, -0.15) is 0 Å². The van der Waals surface area contributed by atoms with E-state index in [0.717, 1.165) is 22.7 Å². The minimum Gasteiger partial charge on any atom is -0.457 e. The van der Waals surface area contributed by atoms with E-state index in [2.05, 4.69) is 54.6 Å². The SMILES string of the molecule is Cc1ccc(Nc2nc3cc(Oc4ccnc(C(=O)NCCO)c4)ccc3n2C)cc1C(C)C. The lowest BCUT2D eigenvalue weighted by atomic mass is 9.97. The molecule has 0 atom stereocenters. The average Bonchev–Trinajstić information content (AvgIpc) is 3.13. The van der Waals surface area contributed by atoms with Crippen molar-refractivity contribution in [2.24, 2.45) is 7.05 Å². The van der Waals surface area contributed by atoms with Gasteiger partial charge in [0.15, 0.2) is 0 Å². The number of rotatable bonds is 8. The van der Waals surface area contributed by atoms with Gasteiger partial charge in [0.1, 0.15) is 17.2 Å². The molecule has 0 aliphatic carbocycles. The Morgan fingerprint density at radius 3 is 2.68 bits per heavy atom. The number of amides is 1. The molecular formula is C26H29N5O3. The van der Waals surface area contributed by atoms with Gasteiger partial charge in [0, 0.05) is 37.6 Å². The minimum atomic E-state index is -0.368. The molecule has 0 saturated heterocycles. The maximum Gasteiger partial charge on any atom is 0.270 e. The smallest absolute Gasteiger partial charge is 0.270 e. The van der Waals surface area contributed by atoms with Gasteiger partial charge < -0.3 is 25.0 Å². The van der Waals surface area contributed by atoms with Gasteiger partial charge >= 0.3 is 0 Å². The first-order valence-corrected chi connectivity index (χ1v) is 11.2. The minimum absolute atomic E-state index is 0.133. The standard InChI is InChI=1S/C26H29N5O3/c1-16(2)21-13-18(6-5-17(21)3)29-26-30-22-14-19(7-8-24(22)31(26)4)34-20-9-10-27-23(15-20)25(33)28-11-12-32/h5-10,13-16,32H,11-12H2,1-4H3,(H,28,33)(H,29,30). The Bertz CT molecular complexity index is 1330. The molecule has 4 rings (SSSR count). The van der Waals surface area contributed by atoms with Gasteiger partial charge in [0.2, 0.25) is 5.95 Å². The second-order valence-electron chi connectivity index (χ2n) is 8.45. The highest BCUT2D eigenvalue weighted by Gasteiger charge is 2.12. The largest absolute Gasteiger partial charge is 0.457 e. The summed E-state index contributed by atoms with van der Waals surface area (Å²) < 4.78 is 7.97. The average molecular weight is 460 g/mol. The second-order valence-corrected chi connectivity index (χ2v) is 8.45. The fourth-order valence-corrected chi connectivity index (χ4v) is 3.82. The van der Waals surface area contributed by atoms with Crippen molar-refractivity contribution in [1.82, 2.24) is 19.9 Å². The van der Waals surface area contributed by atoms with E-state index in [1.807, 2.05) is 29.8 Å². The second kappa shape index (κ2) is 9.93. The number of imidazole rings is 1. The number of aromatic nitrogens is 3. The molecule has 176 valence electrons. The van der Waals surface area contributed by atoms with Crippen LogP contribution in [-0.2, 0) is 7.05 Å². The highest BCUT2D eigenvalue weighted by atomic mass is 16.5. The van der Waals surface area contributed by atoms with Crippen LogP contribution in [0.4, 0.5) is 11.6 Å². The Hall–Kier alpha value is -3.91. The van der Waals surface area contributed by atoms with Crippen molar-refractivity contribution in [1.29, 1.82) is 0 Å². The summed E-state index contributed by atoms with van der Waals surface area (Å²) in [6.07, 6.45) is 1.51. The van der Waals surface area contributed by atoms with Gasteiger partial charge in [0.05, 0.1) is 17.6 Å². The fraction of sp³-hybridized carbons (Fsp3) is 0.269. The molecule has 8 heteroatoms. The lowest BCUT2D eigenvalue weighted by molar-refractivity contribution is 0.0939. The van der Waals surface area contributed by atoms with Crippen molar-refractivity contribution in [2.45, 2.75) is 26.7 Å². The van der Waals surface area contributed by atoms with Crippen molar-refractivity contribution < 1.29 is 14.6 Å². The summed E-state index contributed by atoms with van der Waals surface area (Å²) in [7, 11) is 1.97. The van der Waals surface area contributed by atoms with E-state index in [1.54, 1.807) is 12.1 Å². The third kappa shape index (κ3) is 5.02. The molecular weight excluding hydrogens is 430 g/mol. The van der Waals surface area contributed by atoms with Crippen molar-refractivity contribution in [2.75, 3.05) is 18.5 Å². The predicted octanol–water partition coefficient (Wildman–Crippen LogP) is 4.66. The molecule has 2 aromatic carbocycles. The maximum atomic E-state index is 12.1. The Labute approximate surface area is 198 Å². The molecule has 0 bridgehead atoms. The molecule has 0 aliphatic heterocycles. The van der Waals surface area contributed by atoms with Crippen LogP contribution in [0.2, 0.25) is 0 Å². The van der Waals surface area contributed by atoms with E-state index in [4.69, 9.17) is 14.8 Å². The Kier molecular flexibility index (Phi) is 6.79. The van der Waals surface area contributed by atoms with Gasteiger partial charge in [-0.05, 0) is 54.3 Å². The zero-order chi connectivity index (χ0) is 24.2. The van der Waals surface area contributed by atoms with Crippen LogP contribution in [0.25, 0.3) is 11.0 Å². The quantitative estimate of drug-likeness (QED) is 0.354. The lowest BCUT2D eigenvalue weighted by Crippen LogP contribution is -2.27. The number of nitrogens with zero attached hydrogens (tertiary/aromatic N) is 3. The Morgan fingerprint density at radius 1 is 1.12 bits per heavy atom. The van der Waals surface area contributed by atoms with Crippen molar-refractivity contribution in [3.63, 3.8) is 0 Å². The number of carbonyl (C=O) groups is 1. The number of hydrogen-bond donors (Lipinski definition) is 3. The van der Waals surface area contributed by atoms with Crippen LogP contribution in [0.1, 0.15) is 41.4 Å². The summed E-state index contributed by atoms with van der Waals surface area (Å²) in [6.45, 7) is 6.54. The number of aliphatic hydroxyl groups excluding tert-OH is 1. The zero-order valence-corrected chi connectivity index (χ0v) is 19.8. The molecule has 3 N–H and O–H groups in total. The third-order valence-corrected chi connectivity index (χ3v) is 5.61. The van der Waals surface area contributed by atoms with E-state index in [1.165, 1.54) is 17.3 Å². The van der Waals surface area contributed by atoms with Crippen LogP contribution in [-0.4, -0.2) is 38.7 Å². The van der Waals surface area contributed by atoms with Crippen molar-refractivity contribution >= 4 is 28.6 Å². The summed E-state index contributed by atoms with van der Waals surface area (Å²) in [5.41, 5.74) is 5.54. The van der Waals surface area contributed by atoms with Crippen LogP contribution < -0.4 is 15.4 Å². The number of hydrogen-bond acceptors (Lipinski definition) is 6. The first kappa shape index (κ1) is 23.3. The number of aryl methyl sites for hydroxylation is 2. The molecule has 2 aromatic heterocycles. The van der Waals surface area contributed by atoms with Crippen LogP contribution in [0, 0.1) is 6.92 Å². The number of anilines is 2. The van der Waals surface area contributed by atoms with E-state index in [-0.39, 0.29) is 24.8 Å². The predicted molar refractivity (Wildman–Crippen MR) is 133 cm³/mol. The maximum absolute atomic E-state index is 12.1. The number of ether oxygens (including phenoxy) is 1. The normalized spacial score (nSPS) is 11.1. The first-order chi connectivity index (χ1) is 16.4. The summed E-state index contributed by atoms with van der Waals surface area (Å²) >= 11 is 0. The fourth-order valence-electron chi connectivity index (χ4n) is 3.82. The number of nitrogens with one attached hydrogen (secondary N) is 2. The first-order valence-electron chi connectivity index (χ1n) is 11.2. The topological polar surface area (TPSA) is 101 Å². The molecule has 0 unspecified atom stereocenters. The number of fused-ring (bicyclic) bond motifs is 1. The van der Waals surface area contributed by atoms with E-state index < -0.39 is 0 Å². The summed E-state index contributed by atoms with van der Waals surface area (Å²) in [6, 6.07) is 15.3. The van der Waals surface area contributed by atoms with Gasteiger partial charge in [-0.1, -0.05) is 19.9 Å². The van der Waals surface area contributed by atoms with Crippen LogP contribution in [0.15, 0.2) is 54.7 Å². The third-order valence-electron chi connectivity index (χ3n) is 5.61. The van der Waals surface area contributed by atoms with Gasteiger partial charge in [0.25, 0.3) is 5.91 Å². The summed E-state index contributed by atoms with van der Waals surface area (Å²) in [4.78, 5) is 20.9. The molecule has 34 heavy (non-hydrogen) atoms. The van der Waals surface area contributed by atoms with E-state index in [9.17, 15) is 4.79 Å². The Balaban J connectivity index is 1.55. The highest BCUT2D eigenvalue weighted by Crippen LogP contribution is 2.29. The molecule has 0 radical (unpaired) electrons. The zero-order valence-electron chi connectivity index (χ0n) is 19.8. The molecule has 4 aromatic rings. The number of aliphatic hydroxyl groups is 1. The summed E-state index contributed by atoms with van der Waals surface area (Å²) in [5, 5.41) is 14.9. The van der Waals surface area contributed by atoms with Crippen molar-refractivity contribution in [3.05, 3.63) is 71.5 Å². The number of carbonyl (C=O) groups excluding carboxylic acids is 1. The molecule has 0 fully saturated rings. The Morgan fingerprint density at radius 2 is 1.91 bits per heavy atom. The molecule has 1 amide bonds. The molecule has 0 spiro atoms. The van der Waals surface area contributed by atoms with Gasteiger partial charge in [-0.25, -0.2) is 4.98 Å². The molecule has 8 nitrogen and oxygen atoms in total. The molecule has 0 saturated carbocycles. The van der Waals surface area contributed by atoms with Gasteiger partial charge in [-0.3, -0.25) is 9.78 Å². The monoisotopic (exact) mass is 459 g/mol. The van der Waals surface area contributed by atoms with Crippen molar-refractivity contribution in [3.8, 4) is 11.5 Å². The van der Waals surface area contributed by atoms with E-state index in [0.29, 0.717) is 17.4 Å². The number of pyridine rings is 1. The van der Waals surface area contributed by atoms with Crippen LogP contribution in [0.3, 0.4) is 0 Å². The molecule has 2 heterocycles. The van der Waals surface area contributed by atoms with E-state index >= 15 is 0 Å². The van der Waals surface area contributed by atoms with Gasteiger partial charge in [-0.15, -0.1) is 0 Å². The molecule has 0 aliphatic rings. The summed E-state index contributed by atoms with van der Waals surface area (Å²) in [5.74, 6) is 1.89. The highest BCUT2D eigenvalue weighted by molar-refractivity contribution is 5.92. The van der Waals surface area contributed by atoms with Crippen LogP contribution in [0.5, 0.6) is 11.5 Å².